The molecule has 0 unspecified atom stereocenters. The molecule has 14 aromatic rings. The summed E-state index contributed by atoms with van der Waals surface area (Å²) in [6, 6.07) is 91.9. The Morgan fingerprint density at radius 3 is 1.18 bits per heavy atom. The molecule has 0 saturated heterocycles. The number of benzene rings is 12. The minimum Gasteiger partial charge on any atom is -0.456 e. The highest BCUT2D eigenvalue weighted by molar-refractivity contribution is 6.11. The fraction of sp³-hybridized carbons (Fsp3) is 0.174. The van der Waals surface area contributed by atoms with Crippen LogP contribution in [0.25, 0.3) is 66.1 Å². The Morgan fingerprint density at radius 1 is 0.274 bits per heavy atom. The summed E-state index contributed by atoms with van der Waals surface area (Å²) in [6.07, 6.45) is 0.464. The third kappa shape index (κ3) is 11.4. The second-order valence-corrected chi connectivity index (χ2v) is 27.7. The van der Waals surface area contributed by atoms with Gasteiger partial charge in [0.15, 0.2) is 5.58 Å². The van der Waals surface area contributed by atoms with Gasteiger partial charge in [-0.1, -0.05) is 158 Å². The number of hydrogen-bond donors (Lipinski definition) is 0. The van der Waals surface area contributed by atoms with Crippen molar-refractivity contribution in [2.75, 3.05) is 67.4 Å². The van der Waals surface area contributed by atoms with Crippen LogP contribution < -0.4 is 39.2 Å². The lowest BCUT2D eigenvalue weighted by atomic mass is 9.99. The van der Waals surface area contributed by atoms with Crippen LogP contribution in [-0.4, -0.2) is 52.9 Å². The maximum atomic E-state index is 9.57. The molecule has 0 spiro atoms. The minimum atomic E-state index is 0.0759. The molecule has 4 aliphatic heterocycles. The molecule has 4 atom stereocenters. The number of anilines is 12. The molecule has 0 saturated carbocycles. The normalized spacial score (nSPS) is 15.9. The third-order valence-electron chi connectivity index (χ3n) is 21.8. The number of nitriles is 4. The van der Waals surface area contributed by atoms with Crippen molar-refractivity contribution in [3.63, 3.8) is 0 Å². The predicted molar refractivity (Wildman–Crippen MR) is 435 cm³/mol. The van der Waals surface area contributed by atoms with E-state index in [2.05, 4.69) is 279 Å². The smallest absolute Gasteiger partial charge is 0.159 e. The SMILES string of the molecule is Cc1cc(-c2ccccc2)ccc1N1c2cccc(C#N)c2N(C)[C@@H]1C.Cc1cc2c(cc1N1c3cccc(C#N)c3N(C)[C@@H]1C)oc1ccccc12.Cc1ccc2c(oc3ccccc32)c1N1c2cccc(C#N)c2N(C)[C@@H]1C.Cc1cccc(-c2ccccc2)c1N1c2cccc(C#N)c2N(C)[C@@H]1C. The predicted octanol–water partition coefficient (Wildman–Crippen LogP) is 22.3. The number of aryl methyl sites for hydroxylation is 4. The Labute approximate surface area is 619 Å². The summed E-state index contributed by atoms with van der Waals surface area (Å²) in [4.78, 5) is 17.9. The van der Waals surface area contributed by atoms with E-state index < -0.39 is 0 Å². The Bertz CT molecular complexity index is 5950. The highest BCUT2D eigenvalue weighted by atomic mass is 16.3. The van der Waals surface area contributed by atoms with Crippen molar-refractivity contribution < 1.29 is 8.83 Å². The van der Waals surface area contributed by atoms with E-state index in [0.29, 0.717) is 16.7 Å². The number of fused-ring (bicyclic) bond motifs is 10. The van der Waals surface area contributed by atoms with Crippen LogP contribution >= 0.6 is 0 Å². The topological polar surface area (TPSA) is 147 Å². The second kappa shape index (κ2) is 27.8. The van der Waals surface area contributed by atoms with Crippen LogP contribution in [-0.2, 0) is 0 Å². The summed E-state index contributed by atoms with van der Waals surface area (Å²) in [6.45, 7) is 17.2. The van der Waals surface area contributed by atoms with Crippen molar-refractivity contribution in [2.24, 2.45) is 0 Å². The number of hydrogen-bond acceptors (Lipinski definition) is 14. The van der Waals surface area contributed by atoms with Crippen molar-refractivity contribution >= 4 is 112 Å². The maximum Gasteiger partial charge on any atom is 0.159 e. The van der Waals surface area contributed by atoms with Crippen LogP contribution in [0, 0.1) is 73.0 Å². The molecule has 14 nitrogen and oxygen atoms in total. The van der Waals surface area contributed by atoms with Gasteiger partial charge in [-0.25, -0.2) is 0 Å². The molecule has 0 aliphatic carbocycles. The summed E-state index contributed by atoms with van der Waals surface area (Å²) < 4.78 is 12.4. The summed E-state index contributed by atoms with van der Waals surface area (Å²) in [5, 5.41) is 42.7. The van der Waals surface area contributed by atoms with E-state index in [0.717, 1.165) is 112 Å². The van der Waals surface area contributed by atoms with Gasteiger partial charge in [-0.05, 0) is 173 Å². The fourth-order valence-electron chi connectivity index (χ4n) is 16.1. The van der Waals surface area contributed by atoms with E-state index in [-0.39, 0.29) is 24.7 Å². The molecule has 4 aliphatic rings. The first-order valence-corrected chi connectivity index (χ1v) is 35.8. The molecule has 0 N–H and O–H groups in total. The van der Waals surface area contributed by atoms with Gasteiger partial charge in [0.05, 0.1) is 79.1 Å². The maximum absolute atomic E-state index is 9.57. The van der Waals surface area contributed by atoms with Crippen LogP contribution in [0.2, 0.25) is 0 Å². The molecule has 12 aromatic carbocycles. The van der Waals surface area contributed by atoms with Gasteiger partial charge in [0.25, 0.3) is 0 Å². The van der Waals surface area contributed by atoms with Gasteiger partial charge in [0.2, 0.25) is 0 Å². The highest BCUT2D eigenvalue weighted by Gasteiger charge is 2.40. The van der Waals surface area contributed by atoms with E-state index in [4.69, 9.17) is 8.83 Å². The molecular formula is C92H80N12O2. The van der Waals surface area contributed by atoms with E-state index in [1.807, 2.05) is 111 Å². The zero-order valence-corrected chi connectivity index (χ0v) is 61.6. The van der Waals surface area contributed by atoms with Gasteiger partial charge >= 0.3 is 0 Å². The zero-order chi connectivity index (χ0) is 73.9. The standard InChI is InChI=1S/2C23H19N3O.2C23H21N3/c1-14-11-18-17-8-4-5-10-21(17)27-22(18)12-20(14)26-15(2)25(3)23-16(13-24)7-6-9-19(23)26;1-14-11-12-18-17-8-4-5-10-20(17)27-23(18)21(14)26-15(2)25(3)22-16(13-24)7-6-9-19(22)26;1-16-9-7-13-20(18-10-5-4-6-11-18)22(16)26-17(2)25(3)23-19(15-24)12-8-14-21(23)26;1-16-14-19(18-8-5-4-6-9-18)12-13-21(16)26-17(2)25(3)23-20(15-24)10-7-11-22(23)26/h2*4-12,15H,1-3H3;2*4-14,17H,1-3H3/t2*15-;2*17-/m0000/s1. The van der Waals surface area contributed by atoms with E-state index in [9.17, 15) is 21.0 Å². The lowest BCUT2D eigenvalue weighted by Crippen LogP contribution is -2.36. The molecule has 0 fully saturated rings. The molecule has 2 aromatic heterocycles. The monoisotopic (exact) mass is 1380 g/mol. The molecule has 0 radical (unpaired) electrons. The van der Waals surface area contributed by atoms with Crippen LogP contribution in [0.1, 0.15) is 72.2 Å². The Kier molecular flexibility index (Phi) is 17.9. The third-order valence-corrected chi connectivity index (χ3v) is 21.8. The van der Waals surface area contributed by atoms with Gasteiger partial charge in [-0.15, -0.1) is 0 Å². The molecule has 6 heterocycles. The van der Waals surface area contributed by atoms with E-state index in [1.165, 1.54) is 50.3 Å². The lowest BCUT2D eigenvalue weighted by molar-refractivity contribution is 0.661. The fourth-order valence-corrected chi connectivity index (χ4v) is 16.1. The Morgan fingerprint density at radius 2 is 0.679 bits per heavy atom. The lowest BCUT2D eigenvalue weighted by Gasteiger charge is -2.31. The van der Waals surface area contributed by atoms with Gasteiger partial charge in [-0.2, -0.15) is 21.0 Å². The Hall–Kier alpha value is -13.4. The quantitative estimate of drug-likeness (QED) is 0.155. The summed E-state index contributed by atoms with van der Waals surface area (Å²) in [5.74, 6) is 0. The molecule has 0 bridgehead atoms. The van der Waals surface area contributed by atoms with E-state index in [1.54, 1.807) is 0 Å². The number of para-hydroxylation sites is 7. The first kappa shape index (κ1) is 68.4. The molecule has 0 amide bonds. The summed E-state index contributed by atoms with van der Waals surface area (Å²) >= 11 is 0. The first-order chi connectivity index (χ1) is 51.5. The Balaban J connectivity index is 0.000000113. The van der Waals surface area contributed by atoms with Crippen molar-refractivity contribution in [3.05, 3.63) is 287 Å². The molecule has 106 heavy (non-hydrogen) atoms. The molecular weight excluding hydrogens is 1310 g/mol. The van der Waals surface area contributed by atoms with E-state index >= 15 is 0 Å². The number of furan rings is 2. The van der Waals surface area contributed by atoms with Gasteiger partial charge in [0.1, 0.15) is 65.7 Å². The molecule has 18 rings (SSSR count). The first-order valence-electron chi connectivity index (χ1n) is 35.8. The number of rotatable bonds is 6. The zero-order valence-electron chi connectivity index (χ0n) is 61.6. The summed E-state index contributed by atoms with van der Waals surface area (Å²) in [7, 11) is 8.20. The van der Waals surface area contributed by atoms with Crippen LogP contribution in [0.3, 0.4) is 0 Å². The van der Waals surface area contributed by atoms with Crippen LogP contribution in [0.5, 0.6) is 0 Å². The largest absolute Gasteiger partial charge is 0.456 e. The summed E-state index contributed by atoms with van der Waals surface area (Å²) in [5.41, 5.74) is 28.8. The van der Waals surface area contributed by atoms with Crippen molar-refractivity contribution in [1.29, 1.82) is 21.0 Å². The van der Waals surface area contributed by atoms with Crippen LogP contribution in [0.15, 0.2) is 251 Å². The average molecular weight is 1390 g/mol. The number of nitrogens with zero attached hydrogens (tertiary/aromatic N) is 12. The van der Waals surface area contributed by atoms with Crippen molar-refractivity contribution in [1.82, 2.24) is 0 Å². The van der Waals surface area contributed by atoms with Gasteiger partial charge in [0, 0.05) is 72.7 Å². The highest BCUT2D eigenvalue weighted by Crippen LogP contribution is 2.53. The molecule has 520 valence electrons. The second-order valence-electron chi connectivity index (χ2n) is 27.7. The van der Waals surface area contributed by atoms with Gasteiger partial charge < -0.3 is 48.0 Å². The molecule has 14 heteroatoms. The van der Waals surface area contributed by atoms with Crippen molar-refractivity contribution in [2.45, 2.75) is 80.1 Å². The van der Waals surface area contributed by atoms with Gasteiger partial charge in [-0.3, -0.25) is 0 Å². The average Bonchev–Trinajstić information content (AvgIpc) is 1.61. The van der Waals surface area contributed by atoms with Crippen LogP contribution in [0.4, 0.5) is 68.2 Å². The van der Waals surface area contributed by atoms with Crippen molar-refractivity contribution in [3.8, 4) is 46.5 Å². The minimum absolute atomic E-state index is 0.0759.